The summed E-state index contributed by atoms with van der Waals surface area (Å²) in [6, 6.07) is 7.50. The van der Waals surface area contributed by atoms with Gasteiger partial charge in [0.25, 0.3) is 5.91 Å². The summed E-state index contributed by atoms with van der Waals surface area (Å²) in [4.78, 5) is 24.8. The molecule has 0 aromatic heterocycles. The first-order valence-electron chi connectivity index (χ1n) is 7.10. The zero-order valence-corrected chi connectivity index (χ0v) is 12.5. The molecule has 1 amide bonds. The van der Waals surface area contributed by atoms with Gasteiger partial charge in [-0.05, 0) is 37.3 Å². The van der Waals surface area contributed by atoms with Crippen molar-refractivity contribution in [2.24, 2.45) is 5.92 Å². The topological polar surface area (TPSA) is 46.2 Å². The van der Waals surface area contributed by atoms with Gasteiger partial charge in [0.15, 0.2) is 5.78 Å². The van der Waals surface area contributed by atoms with Gasteiger partial charge in [0.05, 0.1) is 5.57 Å². The predicted octanol–water partition coefficient (Wildman–Crippen LogP) is 3.21. The number of Topliss-reactive ketones (excluding diaryl/α,β-unsaturated/α-hetero) is 1. The van der Waals surface area contributed by atoms with Gasteiger partial charge in [-0.3, -0.25) is 9.59 Å². The summed E-state index contributed by atoms with van der Waals surface area (Å²) < 4.78 is 0. The van der Waals surface area contributed by atoms with E-state index in [1.807, 2.05) is 32.0 Å². The van der Waals surface area contributed by atoms with Gasteiger partial charge in [-0.2, -0.15) is 0 Å². The quantitative estimate of drug-likeness (QED) is 0.855. The fourth-order valence-electron chi connectivity index (χ4n) is 2.55. The Morgan fingerprint density at radius 1 is 1.10 bits per heavy atom. The predicted molar refractivity (Wildman–Crippen MR) is 80.4 cm³/mol. The molecule has 1 aliphatic carbocycles. The van der Waals surface area contributed by atoms with Crippen LogP contribution >= 0.6 is 0 Å². The van der Waals surface area contributed by atoms with Crippen LogP contribution in [0.2, 0.25) is 0 Å². The van der Waals surface area contributed by atoms with Crippen molar-refractivity contribution in [1.29, 1.82) is 0 Å². The lowest BCUT2D eigenvalue weighted by Crippen LogP contribution is -2.33. The van der Waals surface area contributed by atoms with Crippen molar-refractivity contribution in [1.82, 2.24) is 5.32 Å². The van der Waals surface area contributed by atoms with Crippen molar-refractivity contribution < 1.29 is 9.59 Å². The average Bonchev–Trinajstić information content (AvgIpc) is 2.62. The van der Waals surface area contributed by atoms with E-state index in [4.69, 9.17) is 0 Å². The van der Waals surface area contributed by atoms with Crippen LogP contribution in [0.4, 0.5) is 0 Å². The molecule has 1 aromatic carbocycles. The lowest BCUT2D eigenvalue weighted by Gasteiger charge is -2.12. The van der Waals surface area contributed by atoms with Gasteiger partial charge < -0.3 is 5.32 Å². The number of nitrogens with one attached hydrogen (secondary N) is 1. The Labute approximate surface area is 120 Å². The molecule has 3 heteroatoms. The van der Waals surface area contributed by atoms with Crippen molar-refractivity contribution >= 4 is 17.3 Å². The molecule has 0 saturated carbocycles. The first-order valence-corrected chi connectivity index (χ1v) is 7.10. The molecule has 0 bridgehead atoms. The molecule has 0 aliphatic heterocycles. The van der Waals surface area contributed by atoms with Crippen molar-refractivity contribution in [3.8, 4) is 0 Å². The van der Waals surface area contributed by atoms with E-state index in [0.717, 1.165) is 17.6 Å². The van der Waals surface area contributed by atoms with Gasteiger partial charge >= 0.3 is 0 Å². The summed E-state index contributed by atoms with van der Waals surface area (Å²) in [7, 11) is 0. The Kier molecular flexibility index (Phi) is 4.07. The minimum atomic E-state index is -0.253. The van der Waals surface area contributed by atoms with E-state index in [2.05, 4.69) is 19.2 Å². The Bertz CT molecular complexity index is 582. The number of benzene rings is 1. The number of fused-ring (bicyclic) bond motifs is 1. The Hall–Kier alpha value is -1.90. The highest BCUT2D eigenvalue weighted by atomic mass is 16.2. The number of carbonyl (C=O) groups is 2. The highest BCUT2D eigenvalue weighted by molar-refractivity contribution is 6.34. The molecule has 0 saturated heterocycles. The van der Waals surface area contributed by atoms with Crippen LogP contribution in [0.1, 0.15) is 50.0 Å². The molecular weight excluding hydrogens is 250 g/mol. The highest BCUT2D eigenvalue weighted by Crippen LogP contribution is 2.36. The third-order valence-corrected chi connectivity index (χ3v) is 3.28. The molecule has 106 valence electrons. The molecule has 20 heavy (non-hydrogen) atoms. The average molecular weight is 271 g/mol. The van der Waals surface area contributed by atoms with Crippen LogP contribution in [0.3, 0.4) is 0 Å². The molecule has 0 unspecified atom stereocenters. The number of carbonyl (C=O) groups excluding carboxylic acids is 2. The molecule has 3 nitrogen and oxygen atoms in total. The number of ketones is 1. The van der Waals surface area contributed by atoms with Crippen molar-refractivity contribution in [2.75, 3.05) is 0 Å². The third-order valence-electron chi connectivity index (χ3n) is 3.28. The number of amides is 1. The van der Waals surface area contributed by atoms with E-state index in [9.17, 15) is 9.59 Å². The minimum absolute atomic E-state index is 0.0202. The second kappa shape index (κ2) is 5.61. The zero-order chi connectivity index (χ0) is 14.9. The monoisotopic (exact) mass is 271 g/mol. The molecule has 1 aliphatic rings. The van der Waals surface area contributed by atoms with Gasteiger partial charge in [-0.25, -0.2) is 0 Å². The molecule has 0 spiro atoms. The maximum Gasteiger partial charge on any atom is 0.255 e. The fraction of sp³-hybridized carbons (Fsp3) is 0.412. The highest BCUT2D eigenvalue weighted by Gasteiger charge is 2.33. The smallest absolute Gasteiger partial charge is 0.255 e. The maximum absolute atomic E-state index is 12.5. The zero-order valence-electron chi connectivity index (χ0n) is 12.5. The summed E-state index contributed by atoms with van der Waals surface area (Å²) in [6.45, 7) is 7.98. The van der Waals surface area contributed by atoms with Crippen molar-refractivity contribution in [3.63, 3.8) is 0 Å². The van der Waals surface area contributed by atoms with Crippen molar-refractivity contribution in [3.05, 3.63) is 41.0 Å². The number of rotatable bonds is 4. The van der Waals surface area contributed by atoms with Crippen LogP contribution in [0.25, 0.3) is 5.57 Å². The fourth-order valence-corrected chi connectivity index (χ4v) is 2.55. The Morgan fingerprint density at radius 2 is 1.70 bits per heavy atom. The number of allylic oxidation sites excluding steroid dienone is 1. The molecule has 0 atom stereocenters. The summed E-state index contributed by atoms with van der Waals surface area (Å²) in [5.41, 5.74) is 2.78. The Morgan fingerprint density at radius 3 is 2.25 bits per heavy atom. The molecule has 0 fully saturated rings. The van der Waals surface area contributed by atoms with Crippen LogP contribution < -0.4 is 5.32 Å². The number of hydrogen-bond donors (Lipinski definition) is 1. The van der Waals surface area contributed by atoms with Gasteiger partial charge in [0.1, 0.15) is 0 Å². The van der Waals surface area contributed by atoms with Gasteiger partial charge in [0, 0.05) is 11.6 Å². The van der Waals surface area contributed by atoms with E-state index < -0.39 is 0 Å². The van der Waals surface area contributed by atoms with E-state index in [-0.39, 0.29) is 17.7 Å². The summed E-state index contributed by atoms with van der Waals surface area (Å²) in [5, 5.41) is 2.84. The van der Waals surface area contributed by atoms with E-state index >= 15 is 0 Å². The summed E-state index contributed by atoms with van der Waals surface area (Å²) >= 11 is 0. The van der Waals surface area contributed by atoms with Crippen LogP contribution in [-0.4, -0.2) is 17.7 Å². The SMILES string of the molecule is CC(C)CC1=C(C(=O)NC(C)C)C(=O)c2ccccc21. The molecule has 0 radical (unpaired) electrons. The first-order chi connectivity index (χ1) is 9.41. The van der Waals surface area contributed by atoms with E-state index in [1.165, 1.54) is 0 Å². The minimum Gasteiger partial charge on any atom is -0.350 e. The van der Waals surface area contributed by atoms with Crippen LogP contribution in [0, 0.1) is 5.92 Å². The second-order valence-corrected chi connectivity index (χ2v) is 5.95. The van der Waals surface area contributed by atoms with Gasteiger partial charge in [0.2, 0.25) is 0 Å². The molecular formula is C17H21NO2. The Balaban J connectivity index is 2.49. The van der Waals surface area contributed by atoms with Gasteiger partial charge in [-0.15, -0.1) is 0 Å². The lowest BCUT2D eigenvalue weighted by molar-refractivity contribution is -0.117. The number of hydrogen-bond acceptors (Lipinski definition) is 2. The maximum atomic E-state index is 12.5. The third kappa shape index (κ3) is 2.67. The molecule has 1 N–H and O–H groups in total. The largest absolute Gasteiger partial charge is 0.350 e. The normalized spacial score (nSPS) is 14.2. The van der Waals surface area contributed by atoms with Gasteiger partial charge in [-0.1, -0.05) is 38.1 Å². The standard InChI is InChI=1S/C17H21NO2/c1-10(2)9-14-12-7-5-6-8-13(12)16(19)15(14)17(20)18-11(3)4/h5-8,10-11H,9H2,1-4H3,(H,18,20). The molecule has 2 rings (SSSR count). The van der Waals surface area contributed by atoms with E-state index in [1.54, 1.807) is 6.07 Å². The lowest BCUT2D eigenvalue weighted by atomic mass is 9.96. The second-order valence-electron chi connectivity index (χ2n) is 5.95. The van der Waals surface area contributed by atoms with Crippen LogP contribution in [0.5, 0.6) is 0 Å². The summed E-state index contributed by atoms with van der Waals surface area (Å²) in [5.74, 6) is -0.00273. The van der Waals surface area contributed by atoms with E-state index in [0.29, 0.717) is 17.1 Å². The van der Waals surface area contributed by atoms with Crippen LogP contribution in [0.15, 0.2) is 29.8 Å². The molecule has 1 aromatic rings. The first kappa shape index (κ1) is 14.5. The van der Waals surface area contributed by atoms with Crippen LogP contribution in [-0.2, 0) is 4.79 Å². The van der Waals surface area contributed by atoms with Crippen molar-refractivity contribution in [2.45, 2.75) is 40.2 Å². The summed E-state index contributed by atoms with van der Waals surface area (Å²) in [6.07, 6.45) is 0.740. The molecule has 0 heterocycles.